The fourth-order valence-corrected chi connectivity index (χ4v) is 2.86. The Balaban J connectivity index is -0.000000174. The van der Waals surface area contributed by atoms with Crippen molar-refractivity contribution in [1.82, 2.24) is 0 Å². The van der Waals surface area contributed by atoms with Crippen LogP contribution >= 0.6 is 0 Å². The number of hydrogen-bond acceptors (Lipinski definition) is 3. The summed E-state index contributed by atoms with van der Waals surface area (Å²) in [6.45, 7) is 12.0. The van der Waals surface area contributed by atoms with Crippen LogP contribution in [0.2, 0.25) is 0 Å². The van der Waals surface area contributed by atoms with Crippen LogP contribution in [0.15, 0.2) is 0 Å². The topological polar surface area (TPSA) is 112 Å². The van der Waals surface area contributed by atoms with Gasteiger partial charge < -0.3 is 15.3 Å². The van der Waals surface area contributed by atoms with Gasteiger partial charge in [-0.1, -0.05) is 80.1 Å². The Morgan fingerprint density at radius 3 is 0.806 bits per heavy atom. The van der Waals surface area contributed by atoms with Crippen LogP contribution in [0.4, 0.5) is 0 Å². The standard InChI is InChI=1S/3C8H16O2.Ru/c3*1-3-5-6-7(4-2)8(9)10;/h3*7H,3-6H2,1-2H3,(H,9,10);. The maximum atomic E-state index is 10.4. The molecule has 0 heterocycles. The number of carboxylic acids is 3. The third kappa shape index (κ3) is 25.2. The average Bonchev–Trinajstić information content (AvgIpc) is 2.70. The van der Waals surface area contributed by atoms with E-state index in [4.69, 9.17) is 15.3 Å². The second-order valence-electron chi connectivity index (χ2n) is 7.76. The number of carboxylic acid groups (broad SMARTS) is 3. The van der Waals surface area contributed by atoms with Crippen LogP contribution < -0.4 is 0 Å². The Morgan fingerprint density at radius 1 is 0.516 bits per heavy atom. The Kier molecular flexibility index (Phi) is 32.6. The van der Waals surface area contributed by atoms with Crippen LogP contribution in [0, 0.1) is 17.8 Å². The number of unbranched alkanes of at least 4 members (excludes halogenated alkanes) is 3. The molecule has 3 N–H and O–H groups in total. The van der Waals surface area contributed by atoms with E-state index in [1.54, 1.807) is 0 Å². The molecule has 0 amide bonds. The molecule has 0 aromatic carbocycles. The van der Waals surface area contributed by atoms with Crippen LogP contribution in [-0.2, 0) is 33.9 Å². The summed E-state index contributed by atoms with van der Waals surface area (Å²) in [5, 5.41) is 25.8. The largest absolute Gasteiger partial charge is 0.481 e. The van der Waals surface area contributed by atoms with E-state index in [0.717, 1.165) is 77.0 Å². The number of aliphatic carboxylic acids is 3. The summed E-state index contributed by atoms with van der Waals surface area (Å²) in [4.78, 5) is 31.3. The van der Waals surface area contributed by atoms with Crippen molar-refractivity contribution in [3.63, 3.8) is 0 Å². The molecule has 0 bridgehead atoms. The molecule has 0 spiro atoms. The van der Waals surface area contributed by atoms with E-state index in [1.165, 1.54) is 0 Å². The number of carbonyl (C=O) groups is 3. The van der Waals surface area contributed by atoms with Gasteiger partial charge in [0.05, 0.1) is 17.8 Å². The van der Waals surface area contributed by atoms with E-state index in [0.29, 0.717) is 0 Å². The normalized spacial score (nSPS) is 12.6. The Labute approximate surface area is 203 Å². The molecule has 3 atom stereocenters. The maximum absolute atomic E-state index is 10.4. The van der Waals surface area contributed by atoms with Gasteiger partial charge in [0.15, 0.2) is 0 Å². The second kappa shape index (κ2) is 27.1. The first kappa shape index (κ1) is 37.4. The molecule has 0 saturated heterocycles. The van der Waals surface area contributed by atoms with Gasteiger partial charge in [-0.15, -0.1) is 0 Å². The molecule has 0 aromatic rings. The molecule has 31 heavy (non-hydrogen) atoms. The van der Waals surface area contributed by atoms with Gasteiger partial charge in [-0.25, -0.2) is 0 Å². The van der Waals surface area contributed by atoms with Gasteiger partial charge in [0.1, 0.15) is 0 Å². The minimum atomic E-state index is -0.643. The quantitative estimate of drug-likeness (QED) is 0.198. The van der Waals surface area contributed by atoms with Gasteiger partial charge in [-0.3, -0.25) is 14.4 Å². The van der Waals surface area contributed by atoms with Crippen LogP contribution in [0.3, 0.4) is 0 Å². The van der Waals surface area contributed by atoms with E-state index in [1.807, 2.05) is 20.8 Å². The number of hydrogen-bond donors (Lipinski definition) is 3. The summed E-state index contributed by atoms with van der Waals surface area (Å²) in [5.41, 5.74) is 0. The summed E-state index contributed by atoms with van der Waals surface area (Å²) in [6.07, 6.45) is 11.1. The third-order valence-corrected chi connectivity index (χ3v) is 5.24. The molecule has 0 aliphatic rings. The minimum absolute atomic E-state index is 0. The van der Waals surface area contributed by atoms with Gasteiger partial charge >= 0.3 is 17.9 Å². The van der Waals surface area contributed by atoms with Gasteiger partial charge in [-0.2, -0.15) is 0 Å². The summed E-state index contributed by atoms with van der Waals surface area (Å²) in [5.74, 6) is -2.26. The van der Waals surface area contributed by atoms with E-state index >= 15 is 0 Å². The van der Waals surface area contributed by atoms with E-state index in [2.05, 4.69) is 20.8 Å². The smallest absolute Gasteiger partial charge is 0.306 e. The summed E-state index contributed by atoms with van der Waals surface area (Å²) < 4.78 is 0. The Morgan fingerprint density at radius 2 is 0.710 bits per heavy atom. The van der Waals surface area contributed by atoms with E-state index < -0.39 is 17.9 Å². The summed E-state index contributed by atoms with van der Waals surface area (Å²) >= 11 is 0. The Hall–Kier alpha value is -0.967. The zero-order valence-corrected chi connectivity index (χ0v) is 22.4. The van der Waals surface area contributed by atoms with Crippen molar-refractivity contribution >= 4 is 17.9 Å². The first-order valence-electron chi connectivity index (χ1n) is 11.8. The molecule has 3 unspecified atom stereocenters. The molecule has 0 aromatic heterocycles. The first-order chi connectivity index (χ1) is 14.2. The summed E-state index contributed by atoms with van der Waals surface area (Å²) in [7, 11) is 0. The average molecular weight is 534 g/mol. The molecule has 0 rings (SSSR count). The molecule has 0 aliphatic carbocycles. The van der Waals surface area contributed by atoms with Gasteiger partial charge in [0, 0.05) is 19.5 Å². The fraction of sp³-hybridized carbons (Fsp3) is 0.875. The minimum Gasteiger partial charge on any atom is -0.481 e. The van der Waals surface area contributed by atoms with Crippen molar-refractivity contribution in [2.24, 2.45) is 17.8 Å². The molecular formula is C24H48O6Ru. The predicted octanol–water partition coefficient (Wildman–Crippen LogP) is 6.86. The first-order valence-corrected chi connectivity index (χ1v) is 11.8. The molecule has 188 valence electrons. The van der Waals surface area contributed by atoms with E-state index in [9.17, 15) is 14.4 Å². The monoisotopic (exact) mass is 534 g/mol. The van der Waals surface area contributed by atoms with Crippen molar-refractivity contribution in [2.75, 3.05) is 0 Å². The molecule has 0 fully saturated rings. The van der Waals surface area contributed by atoms with Gasteiger partial charge in [-0.05, 0) is 38.5 Å². The maximum Gasteiger partial charge on any atom is 0.306 e. The van der Waals surface area contributed by atoms with Crippen molar-refractivity contribution in [3.8, 4) is 0 Å². The van der Waals surface area contributed by atoms with Crippen molar-refractivity contribution in [2.45, 2.75) is 119 Å². The van der Waals surface area contributed by atoms with Gasteiger partial charge in [0.2, 0.25) is 0 Å². The van der Waals surface area contributed by atoms with Crippen molar-refractivity contribution in [1.29, 1.82) is 0 Å². The molecule has 0 radical (unpaired) electrons. The van der Waals surface area contributed by atoms with Crippen LogP contribution in [0.25, 0.3) is 0 Å². The van der Waals surface area contributed by atoms with Crippen molar-refractivity contribution < 1.29 is 49.2 Å². The van der Waals surface area contributed by atoms with E-state index in [-0.39, 0.29) is 37.2 Å². The molecule has 0 aliphatic heterocycles. The zero-order chi connectivity index (χ0) is 23.9. The Bertz CT molecular complexity index is 366. The second-order valence-corrected chi connectivity index (χ2v) is 7.76. The van der Waals surface area contributed by atoms with Crippen molar-refractivity contribution in [3.05, 3.63) is 0 Å². The third-order valence-electron chi connectivity index (χ3n) is 5.24. The molecular weight excluding hydrogens is 485 g/mol. The predicted molar refractivity (Wildman–Crippen MR) is 123 cm³/mol. The van der Waals surface area contributed by atoms with Crippen LogP contribution in [0.5, 0.6) is 0 Å². The van der Waals surface area contributed by atoms with Gasteiger partial charge in [0.25, 0.3) is 0 Å². The van der Waals surface area contributed by atoms with Crippen LogP contribution in [0.1, 0.15) is 119 Å². The van der Waals surface area contributed by atoms with Crippen LogP contribution in [-0.4, -0.2) is 33.2 Å². The zero-order valence-electron chi connectivity index (χ0n) is 20.6. The molecule has 0 saturated carbocycles. The SMILES string of the molecule is CCCCC(CC)C(=O)O.CCCCC(CC)C(=O)O.CCCCC(CC)C(=O)O.[Ru]. The fourth-order valence-electron chi connectivity index (χ4n) is 2.86. The summed E-state index contributed by atoms with van der Waals surface area (Å²) in [6, 6.07) is 0. The molecule has 6 nitrogen and oxygen atoms in total. The molecule has 7 heteroatoms. The number of rotatable bonds is 15.